The lowest BCUT2D eigenvalue weighted by Gasteiger charge is -2.06. The van der Waals surface area contributed by atoms with E-state index in [1.54, 1.807) is 43.4 Å². The molecule has 4 heteroatoms. The SMILES string of the molecule is CN(C)/C=C(/C#N)C(=O)c1ccc2ncccc2c1. The van der Waals surface area contributed by atoms with E-state index in [9.17, 15) is 4.79 Å². The van der Waals surface area contributed by atoms with E-state index < -0.39 is 0 Å². The zero-order chi connectivity index (χ0) is 13.8. The van der Waals surface area contributed by atoms with E-state index in [0.717, 1.165) is 10.9 Å². The van der Waals surface area contributed by atoms with E-state index in [0.29, 0.717) is 5.56 Å². The molecule has 0 aliphatic carbocycles. The predicted octanol–water partition coefficient (Wildman–Crippen LogP) is 2.39. The molecule has 0 N–H and O–H groups in total. The zero-order valence-electron chi connectivity index (χ0n) is 10.8. The number of nitrogens with zero attached hydrogens (tertiary/aromatic N) is 3. The Hall–Kier alpha value is -2.67. The number of hydrogen-bond acceptors (Lipinski definition) is 4. The lowest BCUT2D eigenvalue weighted by molar-refractivity contribution is 0.103. The summed E-state index contributed by atoms with van der Waals surface area (Å²) < 4.78 is 0. The highest BCUT2D eigenvalue weighted by Crippen LogP contribution is 2.16. The Labute approximate surface area is 111 Å². The summed E-state index contributed by atoms with van der Waals surface area (Å²) in [6.07, 6.45) is 3.23. The molecule has 1 aromatic heterocycles. The number of carbonyl (C=O) groups is 1. The van der Waals surface area contributed by atoms with Crippen molar-refractivity contribution in [2.45, 2.75) is 0 Å². The van der Waals surface area contributed by atoms with Gasteiger partial charge in [0.05, 0.1) is 5.52 Å². The van der Waals surface area contributed by atoms with Crippen LogP contribution in [-0.4, -0.2) is 29.8 Å². The molecule has 0 saturated carbocycles. The third kappa shape index (κ3) is 2.78. The number of carbonyl (C=O) groups excluding carboxylic acids is 1. The Morgan fingerprint density at radius 2 is 2.16 bits per heavy atom. The minimum absolute atomic E-state index is 0.119. The van der Waals surface area contributed by atoms with Gasteiger partial charge in [0, 0.05) is 37.4 Å². The normalized spacial score (nSPS) is 11.1. The van der Waals surface area contributed by atoms with Crippen LogP contribution in [-0.2, 0) is 0 Å². The van der Waals surface area contributed by atoms with Crippen molar-refractivity contribution in [3.8, 4) is 6.07 Å². The third-order valence-electron chi connectivity index (χ3n) is 2.62. The summed E-state index contributed by atoms with van der Waals surface area (Å²) in [5.41, 5.74) is 1.44. The van der Waals surface area contributed by atoms with Gasteiger partial charge in [0.1, 0.15) is 11.6 Å². The van der Waals surface area contributed by atoms with Gasteiger partial charge in [0.25, 0.3) is 0 Å². The van der Waals surface area contributed by atoms with Crippen molar-refractivity contribution in [3.05, 3.63) is 53.9 Å². The molecule has 0 spiro atoms. The second-order valence-electron chi connectivity index (χ2n) is 4.36. The Kier molecular flexibility index (Phi) is 3.58. The van der Waals surface area contributed by atoms with E-state index >= 15 is 0 Å². The highest BCUT2D eigenvalue weighted by atomic mass is 16.1. The van der Waals surface area contributed by atoms with Crippen LogP contribution in [0.4, 0.5) is 0 Å². The molecule has 0 aliphatic rings. The summed E-state index contributed by atoms with van der Waals surface area (Å²) in [7, 11) is 3.55. The Morgan fingerprint density at radius 3 is 2.84 bits per heavy atom. The number of ketones is 1. The molecule has 0 atom stereocenters. The number of pyridine rings is 1. The van der Waals surface area contributed by atoms with Crippen molar-refractivity contribution in [1.82, 2.24) is 9.88 Å². The van der Waals surface area contributed by atoms with Crippen molar-refractivity contribution < 1.29 is 4.79 Å². The predicted molar refractivity (Wildman–Crippen MR) is 73.5 cm³/mol. The van der Waals surface area contributed by atoms with Crippen LogP contribution in [0.3, 0.4) is 0 Å². The van der Waals surface area contributed by atoms with Crippen LogP contribution in [0.1, 0.15) is 10.4 Å². The van der Waals surface area contributed by atoms with Gasteiger partial charge < -0.3 is 4.90 Å². The molecule has 0 amide bonds. The van der Waals surface area contributed by atoms with Gasteiger partial charge in [-0.25, -0.2) is 0 Å². The zero-order valence-corrected chi connectivity index (χ0v) is 10.8. The second kappa shape index (κ2) is 5.32. The van der Waals surface area contributed by atoms with Crippen LogP contribution >= 0.6 is 0 Å². The minimum atomic E-state index is -0.276. The number of aromatic nitrogens is 1. The number of rotatable bonds is 3. The monoisotopic (exact) mass is 251 g/mol. The van der Waals surface area contributed by atoms with Crippen molar-refractivity contribution in [2.75, 3.05) is 14.1 Å². The molecule has 0 bridgehead atoms. The molecule has 1 heterocycles. The second-order valence-corrected chi connectivity index (χ2v) is 4.36. The molecule has 94 valence electrons. The first-order valence-electron chi connectivity index (χ1n) is 5.79. The molecule has 2 rings (SSSR count). The van der Waals surface area contributed by atoms with Gasteiger partial charge in [-0.2, -0.15) is 5.26 Å². The topological polar surface area (TPSA) is 57.0 Å². The molecular weight excluding hydrogens is 238 g/mol. The van der Waals surface area contributed by atoms with E-state index in [1.165, 1.54) is 6.20 Å². The smallest absolute Gasteiger partial charge is 0.205 e. The van der Waals surface area contributed by atoms with Gasteiger partial charge in [-0.15, -0.1) is 0 Å². The fourth-order valence-corrected chi connectivity index (χ4v) is 1.77. The number of Topliss-reactive ketones (excluding diaryl/α,β-unsaturated/α-hetero) is 1. The maximum absolute atomic E-state index is 12.2. The first kappa shape index (κ1) is 12.8. The standard InChI is InChI=1S/C15H13N3O/c1-18(2)10-13(9-16)15(19)12-5-6-14-11(8-12)4-3-7-17-14/h3-8,10H,1-2H3/b13-10-. The van der Waals surface area contributed by atoms with Gasteiger partial charge in [0.2, 0.25) is 5.78 Å². The molecule has 19 heavy (non-hydrogen) atoms. The van der Waals surface area contributed by atoms with Gasteiger partial charge in [-0.3, -0.25) is 9.78 Å². The number of hydrogen-bond donors (Lipinski definition) is 0. The quantitative estimate of drug-likeness (QED) is 0.477. The van der Waals surface area contributed by atoms with Gasteiger partial charge in [0.15, 0.2) is 0 Å². The highest BCUT2D eigenvalue weighted by Gasteiger charge is 2.12. The van der Waals surface area contributed by atoms with Crippen molar-refractivity contribution in [1.29, 1.82) is 5.26 Å². The Balaban J connectivity index is 2.44. The van der Waals surface area contributed by atoms with Crippen molar-refractivity contribution in [2.24, 2.45) is 0 Å². The largest absolute Gasteiger partial charge is 0.382 e. The summed E-state index contributed by atoms with van der Waals surface area (Å²) in [5.74, 6) is -0.276. The average molecular weight is 251 g/mol. The van der Waals surface area contributed by atoms with Crippen LogP contribution in [0.5, 0.6) is 0 Å². The van der Waals surface area contributed by atoms with E-state index in [-0.39, 0.29) is 11.4 Å². The average Bonchev–Trinajstić information content (AvgIpc) is 2.43. The molecule has 0 fully saturated rings. The fourth-order valence-electron chi connectivity index (χ4n) is 1.77. The summed E-state index contributed by atoms with van der Waals surface area (Å²) >= 11 is 0. The fraction of sp³-hybridized carbons (Fsp3) is 0.133. The molecule has 1 aromatic carbocycles. The summed E-state index contributed by atoms with van der Waals surface area (Å²) in [6, 6.07) is 10.9. The molecule has 0 aliphatic heterocycles. The van der Waals surface area contributed by atoms with Crippen LogP contribution in [0, 0.1) is 11.3 Å². The van der Waals surface area contributed by atoms with Crippen molar-refractivity contribution >= 4 is 16.7 Å². The summed E-state index contributed by atoms with van der Waals surface area (Å²) in [5, 5.41) is 9.93. The first-order chi connectivity index (χ1) is 9.11. The summed E-state index contributed by atoms with van der Waals surface area (Å²) in [6.45, 7) is 0. The van der Waals surface area contributed by atoms with E-state index in [4.69, 9.17) is 5.26 Å². The number of benzene rings is 1. The third-order valence-corrected chi connectivity index (χ3v) is 2.62. The molecule has 0 saturated heterocycles. The van der Waals surface area contributed by atoms with E-state index in [1.807, 2.05) is 18.2 Å². The van der Waals surface area contributed by atoms with Gasteiger partial charge in [-0.1, -0.05) is 6.07 Å². The Morgan fingerprint density at radius 1 is 1.37 bits per heavy atom. The Bertz CT molecular complexity index is 696. The number of fused-ring (bicyclic) bond motifs is 1. The van der Waals surface area contributed by atoms with Gasteiger partial charge >= 0.3 is 0 Å². The van der Waals surface area contributed by atoms with Crippen LogP contribution < -0.4 is 0 Å². The maximum Gasteiger partial charge on any atom is 0.205 e. The van der Waals surface area contributed by atoms with Crippen LogP contribution in [0.2, 0.25) is 0 Å². The molecule has 0 unspecified atom stereocenters. The summed E-state index contributed by atoms with van der Waals surface area (Å²) in [4.78, 5) is 18.1. The molecular formula is C15H13N3O. The number of nitriles is 1. The van der Waals surface area contributed by atoms with E-state index in [2.05, 4.69) is 4.98 Å². The molecule has 0 radical (unpaired) electrons. The number of allylic oxidation sites excluding steroid dienone is 1. The first-order valence-corrected chi connectivity index (χ1v) is 5.79. The maximum atomic E-state index is 12.2. The van der Waals surface area contributed by atoms with Crippen molar-refractivity contribution in [3.63, 3.8) is 0 Å². The van der Waals surface area contributed by atoms with Crippen LogP contribution in [0.15, 0.2) is 48.3 Å². The van der Waals surface area contributed by atoms with Gasteiger partial charge in [-0.05, 0) is 24.3 Å². The highest BCUT2D eigenvalue weighted by molar-refractivity contribution is 6.12. The lowest BCUT2D eigenvalue weighted by atomic mass is 10.0. The molecule has 2 aromatic rings. The molecule has 4 nitrogen and oxygen atoms in total. The lowest BCUT2D eigenvalue weighted by Crippen LogP contribution is -2.08. The minimum Gasteiger partial charge on any atom is -0.382 e. The van der Waals surface area contributed by atoms with Crippen LogP contribution in [0.25, 0.3) is 10.9 Å².